The van der Waals surface area contributed by atoms with E-state index >= 15 is 0 Å². The van der Waals surface area contributed by atoms with Gasteiger partial charge in [-0.3, -0.25) is 0 Å². The maximum absolute atomic E-state index is 10.3. The number of aliphatic hydroxyl groups is 1. The Bertz CT molecular complexity index is 1010. The van der Waals surface area contributed by atoms with Gasteiger partial charge in [0.05, 0.1) is 19.8 Å². The minimum Gasteiger partial charge on any atom is -0.394 e. The molecule has 0 aromatic heterocycles. The third-order valence-electron chi connectivity index (χ3n) is 7.96. The molecule has 0 unspecified atom stereocenters. The molecule has 0 aliphatic carbocycles. The minimum absolute atomic E-state index is 0.0902. The highest BCUT2D eigenvalue weighted by Crippen LogP contribution is 2.46. The molecule has 1 aliphatic heterocycles. The predicted molar refractivity (Wildman–Crippen MR) is 146 cm³/mol. The molecular weight excluding hydrogens is 486 g/mol. The predicted octanol–water partition coefficient (Wildman–Crippen LogP) is 6.21. The highest BCUT2D eigenvalue weighted by atomic mass is 28.4. The molecule has 0 amide bonds. The first kappa shape index (κ1) is 29.3. The van der Waals surface area contributed by atoms with Crippen molar-refractivity contribution in [3.8, 4) is 0 Å². The van der Waals surface area contributed by atoms with E-state index in [0.717, 1.165) is 11.1 Å². The lowest BCUT2D eigenvalue weighted by Crippen LogP contribution is -2.62. The zero-order valence-corrected chi connectivity index (χ0v) is 23.8. The zero-order chi connectivity index (χ0) is 27.1. The number of hydrogen-bond donors (Lipinski definition) is 1. The molecule has 0 bridgehead atoms. The van der Waals surface area contributed by atoms with Crippen molar-refractivity contribution in [2.75, 3.05) is 6.61 Å². The minimum atomic E-state index is -2.39. The summed E-state index contributed by atoms with van der Waals surface area (Å²) in [5, 5.41) is 14.4. The fourth-order valence-corrected chi connectivity index (χ4v) is 6.85. The number of benzene rings is 2. The van der Waals surface area contributed by atoms with Gasteiger partial charge in [-0.2, -0.15) is 0 Å². The molecule has 0 radical (unpaired) electrons. The third kappa shape index (κ3) is 7.21. The maximum Gasteiger partial charge on any atom is 0.196 e. The van der Waals surface area contributed by atoms with Gasteiger partial charge in [0.2, 0.25) is 0 Å². The first-order valence-electron chi connectivity index (χ1n) is 12.9. The van der Waals surface area contributed by atoms with Crippen LogP contribution in [0.25, 0.3) is 10.4 Å². The summed E-state index contributed by atoms with van der Waals surface area (Å²) in [5.74, 6) is 0.372. The Balaban J connectivity index is 1.93. The Morgan fingerprint density at radius 2 is 1.49 bits per heavy atom. The van der Waals surface area contributed by atoms with Crippen molar-refractivity contribution in [1.82, 2.24) is 0 Å². The molecule has 0 spiro atoms. The summed E-state index contributed by atoms with van der Waals surface area (Å²) in [4.78, 5) is 3.13. The molecule has 8 nitrogen and oxygen atoms in total. The first-order chi connectivity index (χ1) is 17.6. The van der Waals surface area contributed by atoms with E-state index in [1.54, 1.807) is 0 Å². The number of azide groups is 1. The summed E-state index contributed by atoms with van der Waals surface area (Å²) < 4.78 is 25.7. The average molecular weight is 528 g/mol. The highest BCUT2D eigenvalue weighted by Gasteiger charge is 2.52. The van der Waals surface area contributed by atoms with Crippen molar-refractivity contribution >= 4 is 8.32 Å². The van der Waals surface area contributed by atoms with Gasteiger partial charge in [0.1, 0.15) is 24.4 Å². The van der Waals surface area contributed by atoms with Crippen LogP contribution in [0, 0.1) is 5.92 Å². The van der Waals surface area contributed by atoms with E-state index in [1.807, 2.05) is 60.7 Å². The van der Waals surface area contributed by atoms with Crippen molar-refractivity contribution in [2.24, 2.45) is 11.0 Å². The van der Waals surface area contributed by atoms with E-state index in [1.165, 1.54) is 0 Å². The van der Waals surface area contributed by atoms with Crippen molar-refractivity contribution in [1.29, 1.82) is 0 Å². The second-order valence-corrected chi connectivity index (χ2v) is 15.5. The summed E-state index contributed by atoms with van der Waals surface area (Å²) in [6.45, 7) is 13.4. The van der Waals surface area contributed by atoms with Gasteiger partial charge in [0.15, 0.2) is 14.6 Å². The smallest absolute Gasteiger partial charge is 0.196 e. The van der Waals surface area contributed by atoms with Crippen molar-refractivity contribution in [3.63, 3.8) is 0 Å². The molecule has 3 rings (SSSR count). The Kier molecular flexibility index (Phi) is 10.3. The highest BCUT2D eigenvalue weighted by molar-refractivity contribution is 6.74. The average Bonchev–Trinajstić information content (AvgIpc) is 2.88. The first-order valence-corrected chi connectivity index (χ1v) is 15.8. The number of rotatable bonds is 12. The largest absolute Gasteiger partial charge is 0.394 e. The lowest BCUT2D eigenvalue weighted by atomic mass is 9.97. The van der Waals surface area contributed by atoms with E-state index in [4.69, 9.17) is 18.6 Å². The van der Waals surface area contributed by atoms with Crippen LogP contribution in [0.15, 0.2) is 65.8 Å². The van der Waals surface area contributed by atoms with Crippen molar-refractivity contribution in [3.05, 3.63) is 82.2 Å². The molecule has 5 atom stereocenters. The Hall–Kier alpha value is -2.23. The van der Waals surface area contributed by atoms with Crippen LogP contribution < -0.4 is 0 Å². The molecule has 0 saturated carbocycles. The van der Waals surface area contributed by atoms with E-state index in [-0.39, 0.29) is 18.3 Å². The molecule has 1 fully saturated rings. The fraction of sp³-hybridized carbons (Fsp3) is 0.571. The van der Waals surface area contributed by atoms with Crippen LogP contribution in [0.2, 0.25) is 18.1 Å². The van der Waals surface area contributed by atoms with E-state index in [0.29, 0.717) is 12.5 Å². The second-order valence-electron chi connectivity index (χ2n) is 10.9. The standard InChI is InChI=1S/C28H41N3O5Si/c1-20(2)28(3,4)37(5,6)36-27-24(30-31-29)26(34-19-22-15-11-8-12-16-22)25(23(17-32)35-27)33-18-21-13-9-7-10-14-21/h7-16,20,23-27,32H,17-19H2,1-6H3/t23-,24-,25-,26-,27+/m1/s1. The van der Waals surface area contributed by atoms with Crippen LogP contribution >= 0.6 is 0 Å². The van der Waals surface area contributed by atoms with E-state index < -0.39 is 39.0 Å². The topological polar surface area (TPSA) is 106 Å². The number of nitrogens with zero attached hydrogens (tertiary/aromatic N) is 3. The fourth-order valence-electron chi connectivity index (χ4n) is 4.38. The Morgan fingerprint density at radius 1 is 0.973 bits per heavy atom. The summed E-state index contributed by atoms with van der Waals surface area (Å²) in [6.07, 6.45) is -2.95. The molecule has 202 valence electrons. The molecular formula is C28H41N3O5Si. The third-order valence-corrected chi connectivity index (χ3v) is 12.5. The zero-order valence-electron chi connectivity index (χ0n) is 22.8. The van der Waals surface area contributed by atoms with Gasteiger partial charge in [-0.15, -0.1) is 0 Å². The van der Waals surface area contributed by atoms with Gasteiger partial charge in [0, 0.05) is 4.91 Å². The summed E-state index contributed by atoms with van der Waals surface area (Å²) in [7, 11) is -2.39. The monoisotopic (exact) mass is 527 g/mol. The Morgan fingerprint density at radius 3 is 1.95 bits per heavy atom. The molecule has 1 saturated heterocycles. The Labute approximate surface area is 221 Å². The molecule has 9 heteroatoms. The number of aliphatic hydroxyl groups excluding tert-OH is 1. The molecule has 37 heavy (non-hydrogen) atoms. The second kappa shape index (κ2) is 13.0. The van der Waals surface area contributed by atoms with Gasteiger partial charge >= 0.3 is 0 Å². The summed E-state index contributed by atoms with van der Waals surface area (Å²) in [6, 6.07) is 18.8. The molecule has 1 heterocycles. The quantitative estimate of drug-likeness (QED) is 0.153. The van der Waals surface area contributed by atoms with E-state index in [9.17, 15) is 10.6 Å². The van der Waals surface area contributed by atoms with Gasteiger partial charge in [-0.1, -0.05) is 93.5 Å². The van der Waals surface area contributed by atoms with Crippen LogP contribution in [0.4, 0.5) is 0 Å². The van der Waals surface area contributed by atoms with Crippen molar-refractivity contribution < 1.29 is 23.7 Å². The van der Waals surface area contributed by atoms with Crippen LogP contribution in [0.5, 0.6) is 0 Å². The van der Waals surface area contributed by atoms with Gasteiger partial charge in [-0.25, -0.2) is 0 Å². The molecule has 1 aliphatic rings. The van der Waals surface area contributed by atoms with Crippen LogP contribution in [0.3, 0.4) is 0 Å². The summed E-state index contributed by atoms with van der Waals surface area (Å²) in [5.41, 5.74) is 11.5. The van der Waals surface area contributed by atoms with Crippen LogP contribution in [-0.2, 0) is 31.9 Å². The molecule has 2 aromatic carbocycles. The normalized spacial score (nSPS) is 24.6. The van der Waals surface area contributed by atoms with Crippen molar-refractivity contribution in [2.45, 2.75) is 89.7 Å². The molecule has 2 aromatic rings. The van der Waals surface area contributed by atoms with Crippen LogP contribution in [0.1, 0.15) is 38.8 Å². The van der Waals surface area contributed by atoms with Gasteiger partial charge in [0.25, 0.3) is 0 Å². The van der Waals surface area contributed by atoms with Crippen LogP contribution in [-0.4, -0.2) is 50.7 Å². The molecule has 1 N–H and O–H groups in total. The van der Waals surface area contributed by atoms with Gasteiger partial charge in [-0.05, 0) is 40.7 Å². The number of ether oxygens (including phenoxy) is 3. The SMILES string of the molecule is CC(C)C(C)(C)[Si](C)(C)O[C@@H]1O[C@H](CO)[C@@H](OCc2ccccc2)[C@H](OCc2ccccc2)[C@H]1N=[N+]=[N-]. The summed E-state index contributed by atoms with van der Waals surface area (Å²) >= 11 is 0. The maximum atomic E-state index is 10.3. The van der Waals surface area contributed by atoms with Gasteiger partial charge < -0.3 is 23.7 Å². The lowest BCUT2D eigenvalue weighted by Gasteiger charge is -2.49. The lowest BCUT2D eigenvalue weighted by molar-refractivity contribution is -0.265. The number of hydrogen-bond acceptors (Lipinski definition) is 6. The van der Waals surface area contributed by atoms with E-state index in [2.05, 4.69) is 50.8 Å².